The molecule has 9 heteroatoms. The molecule has 1 fully saturated rings. The van der Waals surface area contributed by atoms with E-state index in [9.17, 15) is 19.1 Å². The molecule has 2 N–H and O–H groups in total. The second-order valence-corrected chi connectivity index (χ2v) is 7.94. The molecule has 1 aliphatic carbocycles. The Morgan fingerprint density at radius 3 is 2.87 bits per heavy atom. The quantitative estimate of drug-likeness (QED) is 0.616. The number of carboxylic acid groups (broad SMARTS) is 1. The molecular weight excluding hydrogens is 423 g/mol. The van der Waals surface area contributed by atoms with Gasteiger partial charge in [-0.1, -0.05) is 30.2 Å². The topological polar surface area (TPSA) is 97.1 Å². The summed E-state index contributed by atoms with van der Waals surface area (Å²) in [7, 11) is 0. The first-order chi connectivity index (χ1) is 14.9. The van der Waals surface area contributed by atoms with E-state index >= 15 is 0 Å². The van der Waals surface area contributed by atoms with E-state index in [0.29, 0.717) is 40.8 Å². The van der Waals surface area contributed by atoms with E-state index in [-0.39, 0.29) is 12.0 Å². The van der Waals surface area contributed by atoms with Gasteiger partial charge in [0, 0.05) is 29.6 Å². The summed E-state index contributed by atoms with van der Waals surface area (Å²) < 4.78 is 14.6. The Kier molecular flexibility index (Phi) is 5.99. The lowest BCUT2D eigenvalue weighted by Crippen LogP contribution is -2.31. The van der Waals surface area contributed by atoms with Gasteiger partial charge in [0.2, 0.25) is 5.95 Å². The zero-order valence-electron chi connectivity index (χ0n) is 16.5. The van der Waals surface area contributed by atoms with Crippen molar-refractivity contribution in [2.24, 2.45) is 5.92 Å². The molecule has 2 atom stereocenters. The summed E-state index contributed by atoms with van der Waals surface area (Å²) in [5.74, 6) is -1.39. The second kappa shape index (κ2) is 8.85. The molecule has 0 radical (unpaired) electrons. The van der Waals surface area contributed by atoms with Gasteiger partial charge in [-0.3, -0.25) is 14.2 Å². The molecule has 0 saturated heterocycles. The summed E-state index contributed by atoms with van der Waals surface area (Å²) >= 11 is 6.34. The zero-order chi connectivity index (χ0) is 22.0. The minimum absolute atomic E-state index is 0.0343. The molecule has 31 heavy (non-hydrogen) atoms. The van der Waals surface area contributed by atoms with Crippen LogP contribution in [0.5, 0.6) is 0 Å². The summed E-state index contributed by atoms with van der Waals surface area (Å²) in [5.41, 5.74) is 1.19. The lowest BCUT2D eigenvalue weighted by Gasteiger charge is -2.27. The number of benzene rings is 1. The van der Waals surface area contributed by atoms with Gasteiger partial charge in [-0.05, 0) is 37.5 Å². The van der Waals surface area contributed by atoms with Crippen molar-refractivity contribution in [1.82, 2.24) is 14.5 Å². The molecule has 0 amide bonds. The molecule has 2 heterocycles. The molecule has 160 valence electrons. The summed E-state index contributed by atoms with van der Waals surface area (Å²) in [6, 6.07) is 9.11. The lowest BCUT2D eigenvalue weighted by molar-refractivity contribution is -0.142. The number of nitrogens with zero attached hydrogens (tertiary/aromatic N) is 3. The van der Waals surface area contributed by atoms with Crippen LogP contribution in [-0.2, 0) is 4.79 Å². The van der Waals surface area contributed by atoms with Crippen LogP contribution < -0.4 is 10.9 Å². The van der Waals surface area contributed by atoms with E-state index in [1.54, 1.807) is 24.3 Å². The first-order valence-corrected chi connectivity index (χ1v) is 10.3. The van der Waals surface area contributed by atoms with Gasteiger partial charge in [0.15, 0.2) is 0 Å². The Balaban J connectivity index is 1.62. The standard InChI is InChI=1S/C22H20ClFN4O3/c23-18-12-25-22(26-16-5-1-4-14(9-16)21(30)31)27-20(18)13-3-2-6-17(10-13)28-8-7-15(24)11-19(28)29/h2-3,6-8,10-12,14,16H,1,4-5,9H2,(H,30,31)(H,25,26,27)/t14-,16+/m1/s1. The van der Waals surface area contributed by atoms with Gasteiger partial charge in [0.05, 0.1) is 22.8 Å². The number of anilines is 1. The summed E-state index contributed by atoms with van der Waals surface area (Å²) in [6.07, 6.45) is 5.71. The average molecular weight is 443 g/mol. The fourth-order valence-corrected chi connectivity index (χ4v) is 4.04. The highest BCUT2D eigenvalue weighted by atomic mass is 35.5. The number of hydrogen-bond acceptors (Lipinski definition) is 5. The predicted molar refractivity (Wildman–Crippen MR) is 115 cm³/mol. The Bertz CT molecular complexity index is 1180. The van der Waals surface area contributed by atoms with Gasteiger partial charge in [-0.15, -0.1) is 0 Å². The highest BCUT2D eigenvalue weighted by Crippen LogP contribution is 2.30. The minimum atomic E-state index is -0.780. The number of pyridine rings is 1. The summed E-state index contributed by atoms with van der Waals surface area (Å²) in [4.78, 5) is 32.2. The molecule has 1 aliphatic rings. The van der Waals surface area contributed by atoms with Crippen LogP contribution in [0.15, 0.2) is 53.6 Å². The highest BCUT2D eigenvalue weighted by Gasteiger charge is 2.27. The van der Waals surface area contributed by atoms with Crippen LogP contribution in [0.3, 0.4) is 0 Å². The molecule has 0 bridgehead atoms. The molecule has 1 saturated carbocycles. The second-order valence-electron chi connectivity index (χ2n) is 7.54. The highest BCUT2D eigenvalue weighted by molar-refractivity contribution is 6.32. The predicted octanol–water partition coefficient (Wildman–Crippen LogP) is 4.14. The zero-order valence-corrected chi connectivity index (χ0v) is 17.2. The van der Waals surface area contributed by atoms with E-state index in [2.05, 4.69) is 15.3 Å². The summed E-state index contributed by atoms with van der Waals surface area (Å²) in [5, 5.41) is 12.8. The first kappa shape index (κ1) is 21.0. The van der Waals surface area contributed by atoms with Crippen molar-refractivity contribution in [2.45, 2.75) is 31.7 Å². The minimum Gasteiger partial charge on any atom is -0.481 e. The molecule has 0 spiro atoms. The maximum atomic E-state index is 13.3. The van der Waals surface area contributed by atoms with E-state index in [4.69, 9.17) is 11.6 Å². The Hall–Kier alpha value is -3.26. The van der Waals surface area contributed by atoms with Crippen molar-refractivity contribution >= 4 is 23.5 Å². The number of aromatic nitrogens is 3. The monoisotopic (exact) mass is 442 g/mol. The van der Waals surface area contributed by atoms with Gasteiger partial charge in [0.1, 0.15) is 5.82 Å². The Labute approximate surface area is 182 Å². The van der Waals surface area contributed by atoms with Crippen LogP contribution in [0.2, 0.25) is 5.02 Å². The van der Waals surface area contributed by atoms with Crippen LogP contribution in [0.25, 0.3) is 16.9 Å². The van der Waals surface area contributed by atoms with Gasteiger partial charge in [-0.25, -0.2) is 14.4 Å². The van der Waals surface area contributed by atoms with Gasteiger partial charge in [0.25, 0.3) is 5.56 Å². The normalized spacial score (nSPS) is 18.5. The van der Waals surface area contributed by atoms with E-state index in [1.165, 1.54) is 23.0 Å². The van der Waals surface area contributed by atoms with Crippen LogP contribution >= 0.6 is 11.6 Å². The number of aliphatic carboxylic acids is 1. The fourth-order valence-electron chi connectivity index (χ4n) is 3.84. The van der Waals surface area contributed by atoms with Crippen molar-refractivity contribution in [3.63, 3.8) is 0 Å². The smallest absolute Gasteiger partial charge is 0.306 e. The molecule has 2 aromatic heterocycles. The number of hydrogen-bond donors (Lipinski definition) is 2. The molecular formula is C22H20ClFN4O3. The molecule has 3 aromatic rings. The molecule has 4 rings (SSSR count). The number of nitrogens with one attached hydrogen (secondary N) is 1. The average Bonchev–Trinajstić information content (AvgIpc) is 2.75. The van der Waals surface area contributed by atoms with Crippen molar-refractivity contribution in [3.05, 3.63) is 70.0 Å². The SMILES string of the molecule is O=C(O)[C@@H]1CCC[C@H](Nc2ncc(Cl)c(-c3cccc(-n4ccc(F)cc4=O)c3)n2)C1. The van der Waals surface area contributed by atoms with Gasteiger partial charge < -0.3 is 10.4 Å². The largest absolute Gasteiger partial charge is 0.481 e. The summed E-state index contributed by atoms with van der Waals surface area (Å²) in [6.45, 7) is 0. The third-order valence-electron chi connectivity index (χ3n) is 5.38. The Morgan fingerprint density at radius 2 is 2.10 bits per heavy atom. The third kappa shape index (κ3) is 4.74. The van der Waals surface area contributed by atoms with Crippen LogP contribution in [-0.4, -0.2) is 31.7 Å². The number of halogens is 2. The first-order valence-electron chi connectivity index (χ1n) is 9.91. The fraction of sp³-hybridized carbons (Fsp3) is 0.273. The van der Waals surface area contributed by atoms with Crippen LogP contribution in [0, 0.1) is 11.7 Å². The van der Waals surface area contributed by atoms with Crippen molar-refractivity contribution in [2.75, 3.05) is 5.32 Å². The van der Waals surface area contributed by atoms with Gasteiger partial charge >= 0.3 is 5.97 Å². The van der Waals surface area contributed by atoms with E-state index < -0.39 is 17.3 Å². The molecule has 1 aromatic carbocycles. The Morgan fingerprint density at radius 1 is 1.26 bits per heavy atom. The van der Waals surface area contributed by atoms with E-state index in [0.717, 1.165) is 18.9 Å². The van der Waals surface area contributed by atoms with E-state index in [1.807, 2.05) is 0 Å². The maximum Gasteiger partial charge on any atom is 0.306 e. The third-order valence-corrected chi connectivity index (χ3v) is 5.66. The number of carbonyl (C=O) groups is 1. The molecule has 0 unspecified atom stereocenters. The van der Waals surface area contributed by atoms with Crippen LogP contribution in [0.1, 0.15) is 25.7 Å². The molecule has 7 nitrogen and oxygen atoms in total. The van der Waals surface area contributed by atoms with Crippen LogP contribution in [0.4, 0.5) is 10.3 Å². The van der Waals surface area contributed by atoms with Crippen molar-refractivity contribution in [1.29, 1.82) is 0 Å². The number of carboxylic acids is 1. The molecule has 0 aliphatic heterocycles. The lowest BCUT2D eigenvalue weighted by atomic mass is 9.86. The van der Waals surface area contributed by atoms with Crippen molar-refractivity contribution in [3.8, 4) is 16.9 Å². The van der Waals surface area contributed by atoms with Crippen molar-refractivity contribution < 1.29 is 14.3 Å². The maximum absolute atomic E-state index is 13.3. The number of rotatable bonds is 5. The van der Waals surface area contributed by atoms with Gasteiger partial charge in [-0.2, -0.15) is 0 Å².